The standard InChI is InChI=1S/C9H6ClNO3S2/c10-16(13,14)8-3-1-7(2-4-8)11-9(12)5-6-15-11/h1-6H. The van der Waals surface area contributed by atoms with Gasteiger partial charge in [-0.25, -0.2) is 12.4 Å². The van der Waals surface area contributed by atoms with Crippen LogP contribution in [0.1, 0.15) is 0 Å². The summed E-state index contributed by atoms with van der Waals surface area (Å²) in [6.07, 6.45) is 0. The molecule has 84 valence electrons. The summed E-state index contributed by atoms with van der Waals surface area (Å²) >= 11 is 1.24. The Hall–Kier alpha value is -1.11. The van der Waals surface area contributed by atoms with Gasteiger partial charge >= 0.3 is 0 Å². The molecule has 0 fully saturated rings. The molecule has 0 bridgehead atoms. The second-order valence-corrected chi connectivity index (χ2v) is 6.39. The van der Waals surface area contributed by atoms with Crippen LogP contribution in [0.3, 0.4) is 0 Å². The number of hydrogen-bond donors (Lipinski definition) is 0. The maximum absolute atomic E-state index is 11.3. The van der Waals surface area contributed by atoms with E-state index in [2.05, 4.69) is 0 Å². The zero-order valence-electron chi connectivity index (χ0n) is 7.83. The van der Waals surface area contributed by atoms with Gasteiger partial charge in [-0.15, -0.1) is 0 Å². The molecule has 0 saturated heterocycles. The first-order valence-corrected chi connectivity index (χ1v) is 7.35. The van der Waals surface area contributed by atoms with Gasteiger partial charge in [-0.05, 0) is 24.3 Å². The Labute approximate surface area is 100 Å². The van der Waals surface area contributed by atoms with Crippen LogP contribution in [0.25, 0.3) is 5.69 Å². The molecule has 2 rings (SSSR count). The molecule has 7 heteroatoms. The van der Waals surface area contributed by atoms with E-state index < -0.39 is 9.05 Å². The van der Waals surface area contributed by atoms with Crippen molar-refractivity contribution in [3.8, 4) is 5.69 Å². The van der Waals surface area contributed by atoms with E-state index in [0.717, 1.165) is 0 Å². The molecule has 0 amide bonds. The monoisotopic (exact) mass is 275 g/mol. The summed E-state index contributed by atoms with van der Waals surface area (Å²) < 4.78 is 23.4. The van der Waals surface area contributed by atoms with Crippen LogP contribution < -0.4 is 5.56 Å². The van der Waals surface area contributed by atoms with Crippen molar-refractivity contribution in [2.45, 2.75) is 4.90 Å². The summed E-state index contributed by atoms with van der Waals surface area (Å²) in [5.74, 6) is 0. The molecule has 1 aromatic heterocycles. The second-order valence-electron chi connectivity index (χ2n) is 2.97. The Bertz CT molecular complexity index is 655. The lowest BCUT2D eigenvalue weighted by atomic mass is 10.3. The van der Waals surface area contributed by atoms with E-state index in [1.54, 1.807) is 5.38 Å². The highest BCUT2D eigenvalue weighted by molar-refractivity contribution is 8.13. The molecule has 0 radical (unpaired) electrons. The van der Waals surface area contributed by atoms with Crippen molar-refractivity contribution in [1.82, 2.24) is 3.96 Å². The van der Waals surface area contributed by atoms with E-state index in [-0.39, 0.29) is 10.5 Å². The molecule has 0 aliphatic rings. The largest absolute Gasteiger partial charge is 0.268 e. The van der Waals surface area contributed by atoms with Crippen molar-refractivity contribution >= 4 is 31.3 Å². The van der Waals surface area contributed by atoms with Crippen molar-refractivity contribution in [2.75, 3.05) is 0 Å². The molecule has 0 unspecified atom stereocenters. The SMILES string of the molecule is O=c1ccsn1-c1ccc(S(=O)(=O)Cl)cc1. The van der Waals surface area contributed by atoms with Gasteiger partial charge in [0.2, 0.25) is 0 Å². The van der Waals surface area contributed by atoms with Crippen molar-refractivity contribution in [1.29, 1.82) is 0 Å². The van der Waals surface area contributed by atoms with E-state index in [4.69, 9.17) is 10.7 Å². The fourth-order valence-electron chi connectivity index (χ4n) is 1.20. The van der Waals surface area contributed by atoms with Crippen LogP contribution in [-0.4, -0.2) is 12.4 Å². The molecule has 0 spiro atoms. The smallest absolute Gasteiger partial charge is 0.265 e. The van der Waals surface area contributed by atoms with E-state index in [1.807, 2.05) is 0 Å². The summed E-state index contributed by atoms with van der Waals surface area (Å²) in [6.45, 7) is 0. The number of hydrogen-bond acceptors (Lipinski definition) is 4. The van der Waals surface area contributed by atoms with Gasteiger partial charge in [-0.3, -0.25) is 4.79 Å². The molecular weight excluding hydrogens is 270 g/mol. The normalized spacial score (nSPS) is 11.6. The van der Waals surface area contributed by atoms with Gasteiger partial charge in [-0.2, -0.15) is 0 Å². The average Bonchev–Trinajstić information content (AvgIpc) is 2.63. The van der Waals surface area contributed by atoms with Gasteiger partial charge in [0.25, 0.3) is 14.6 Å². The van der Waals surface area contributed by atoms with Crippen molar-refractivity contribution in [3.63, 3.8) is 0 Å². The molecule has 0 N–H and O–H groups in total. The topological polar surface area (TPSA) is 56.1 Å². The number of halogens is 1. The molecule has 2 aromatic rings. The van der Waals surface area contributed by atoms with Crippen LogP contribution >= 0.6 is 22.2 Å². The summed E-state index contributed by atoms with van der Waals surface area (Å²) in [4.78, 5) is 11.3. The molecule has 1 heterocycles. The van der Waals surface area contributed by atoms with Crippen molar-refractivity contribution < 1.29 is 8.42 Å². The van der Waals surface area contributed by atoms with Crippen LogP contribution in [0, 0.1) is 0 Å². The van der Waals surface area contributed by atoms with Crippen LogP contribution in [0.5, 0.6) is 0 Å². The van der Waals surface area contributed by atoms with E-state index in [1.165, 1.54) is 45.8 Å². The number of rotatable bonds is 2. The van der Waals surface area contributed by atoms with Crippen molar-refractivity contribution in [3.05, 3.63) is 46.1 Å². The number of nitrogens with zero attached hydrogens (tertiary/aromatic N) is 1. The van der Waals surface area contributed by atoms with Crippen LogP contribution in [0.2, 0.25) is 0 Å². The lowest BCUT2D eigenvalue weighted by Crippen LogP contribution is -2.09. The highest BCUT2D eigenvalue weighted by atomic mass is 35.7. The van der Waals surface area contributed by atoms with Crippen molar-refractivity contribution in [2.24, 2.45) is 0 Å². The molecule has 0 aliphatic heterocycles. The first kappa shape index (κ1) is 11.4. The fourth-order valence-corrected chi connectivity index (χ4v) is 2.68. The molecule has 0 saturated carbocycles. The Morgan fingerprint density at radius 2 is 1.75 bits per heavy atom. The zero-order chi connectivity index (χ0) is 11.8. The Morgan fingerprint density at radius 1 is 1.12 bits per heavy atom. The number of benzene rings is 1. The summed E-state index contributed by atoms with van der Waals surface area (Å²) in [6, 6.07) is 7.24. The summed E-state index contributed by atoms with van der Waals surface area (Å²) in [7, 11) is 1.46. The quantitative estimate of drug-likeness (QED) is 0.786. The minimum Gasteiger partial charge on any atom is -0.268 e. The maximum atomic E-state index is 11.3. The van der Waals surface area contributed by atoms with Crippen LogP contribution in [-0.2, 0) is 9.05 Å². The minimum absolute atomic E-state index is 0.0162. The van der Waals surface area contributed by atoms with Gasteiger partial charge < -0.3 is 0 Å². The van der Waals surface area contributed by atoms with E-state index in [0.29, 0.717) is 5.69 Å². The highest BCUT2D eigenvalue weighted by Crippen LogP contribution is 2.17. The van der Waals surface area contributed by atoms with Crippen LogP contribution in [0.4, 0.5) is 0 Å². The zero-order valence-corrected chi connectivity index (χ0v) is 10.2. The van der Waals surface area contributed by atoms with Gasteiger partial charge in [0.15, 0.2) is 0 Å². The van der Waals surface area contributed by atoms with Crippen LogP contribution in [0.15, 0.2) is 45.4 Å². The van der Waals surface area contributed by atoms with E-state index in [9.17, 15) is 13.2 Å². The first-order valence-electron chi connectivity index (χ1n) is 4.20. The first-order chi connectivity index (χ1) is 7.48. The van der Waals surface area contributed by atoms with Gasteiger partial charge in [-0.1, -0.05) is 11.5 Å². The Morgan fingerprint density at radius 3 is 2.19 bits per heavy atom. The maximum Gasteiger partial charge on any atom is 0.265 e. The fraction of sp³-hybridized carbons (Fsp3) is 0. The lowest BCUT2D eigenvalue weighted by Gasteiger charge is -2.01. The highest BCUT2D eigenvalue weighted by Gasteiger charge is 2.09. The average molecular weight is 276 g/mol. The predicted octanol–water partition coefficient (Wildman–Crippen LogP) is 1.83. The minimum atomic E-state index is -3.71. The molecule has 1 aromatic carbocycles. The molecule has 0 aliphatic carbocycles. The predicted molar refractivity (Wildman–Crippen MR) is 63.0 cm³/mol. The van der Waals surface area contributed by atoms with Gasteiger partial charge in [0, 0.05) is 22.1 Å². The Balaban J connectivity index is 2.49. The van der Waals surface area contributed by atoms with Gasteiger partial charge in [0.05, 0.1) is 10.6 Å². The lowest BCUT2D eigenvalue weighted by molar-refractivity contribution is 0.609. The molecular formula is C9H6ClNO3S2. The Kier molecular flexibility index (Phi) is 2.88. The van der Waals surface area contributed by atoms with Gasteiger partial charge in [0.1, 0.15) is 0 Å². The molecule has 16 heavy (non-hydrogen) atoms. The third-order valence-electron chi connectivity index (χ3n) is 1.93. The summed E-state index contributed by atoms with van der Waals surface area (Å²) in [5, 5.41) is 1.66. The summed E-state index contributed by atoms with van der Waals surface area (Å²) in [5.41, 5.74) is 0.468. The molecule has 4 nitrogen and oxygen atoms in total. The second kappa shape index (κ2) is 4.04. The molecule has 0 atom stereocenters. The third kappa shape index (κ3) is 2.18. The third-order valence-corrected chi connectivity index (χ3v) is 4.16. The van der Waals surface area contributed by atoms with E-state index >= 15 is 0 Å². The number of aromatic nitrogens is 1.